The SMILES string of the molecule is Cc1oc(C(=O)N2CC[C@H](CN)C2)cc1COc1ccccc1. The number of amides is 1. The first-order chi connectivity index (χ1) is 11.2. The lowest BCUT2D eigenvalue weighted by Crippen LogP contribution is -2.29. The maximum absolute atomic E-state index is 12.5. The number of para-hydroxylation sites is 1. The van der Waals surface area contributed by atoms with Gasteiger partial charge in [-0.15, -0.1) is 0 Å². The van der Waals surface area contributed by atoms with Crippen LogP contribution >= 0.6 is 0 Å². The summed E-state index contributed by atoms with van der Waals surface area (Å²) in [6, 6.07) is 11.4. The van der Waals surface area contributed by atoms with Gasteiger partial charge in [-0.3, -0.25) is 4.79 Å². The number of carbonyl (C=O) groups excluding carboxylic acids is 1. The van der Waals surface area contributed by atoms with E-state index in [1.54, 1.807) is 6.07 Å². The van der Waals surface area contributed by atoms with Crippen molar-refractivity contribution in [3.8, 4) is 5.75 Å². The highest BCUT2D eigenvalue weighted by Crippen LogP contribution is 2.22. The van der Waals surface area contributed by atoms with Crippen LogP contribution in [0, 0.1) is 12.8 Å². The molecule has 0 radical (unpaired) electrons. The van der Waals surface area contributed by atoms with E-state index in [2.05, 4.69) is 0 Å². The molecular formula is C18H22N2O3. The summed E-state index contributed by atoms with van der Waals surface area (Å²) in [5, 5.41) is 0. The first kappa shape index (κ1) is 15.6. The number of likely N-dealkylation sites (tertiary alicyclic amines) is 1. The van der Waals surface area contributed by atoms with Crippen LogP contribution in [0.25, 0.3) is 0 Å². The van der Waals surface area contributed by atoms with Gasteiger partial charge in [-0.25, -0.2) is 0 Å². The Morgan fingerprint density at radius 1 is 1.39 bits per heavy atom. The van der Waals surface area contributed by atoms with E-state index in [4.69, 9.17) is 14.9 Å². The second-order valence-corrected chi connectivity index (χ2v) is 5.94. The molecule has 1 saturated heterocycles. The van der Waals surface area contributed by atoms with E-state index in [1.807, 2.05) is 42.2 Å². The Balaban J connectivity index is 1.65. The molecule has 2 N–H and O–H groups in total. The molecule has 1 aromatic heterocycles. The summed E-state index contributed by atoms with van der Waals surface area (Å²) in [4.78, 5) is 14.3. The Labute approximate surface area is 136 Å². The van der Waals surface area contributed by atoms with E-state index in [9.17, 15) is 4.79 Å². The smallest absolute Gasteiger partial charge is 0.289 e. The molecule has 1 aliphatic rings. The predicted octanol–water partition coefficient (Wildman–Crippen LogP) is 2.59. The number of furan rings is 1. The zero-order chi connectivity index (χ0) is 16.2. The third-order valence-electron chi connectivity index (χ3n) is 4.28. The average Bonchev–Trinajstić information content (AvgIpc) is 3.20. The second kappa shape index (κ2) is 6.87. The molecular weight excluding hydrogens is 292 g/mol. The molecule has 1 fully saturated rings. The van der Waals surface area contributed by atoms with E-state index < -0.39 is 0 Å². The highest BCUT2D eigenvalue weighted by atomic mass is 16.5. The van der Waals surface area contributed by atoms with Crippen LogP contribution in [0.1, 0.15) is 28.3 Å². The normalized spacial score (nSPS) is 17.5. The molecule has 1 aliphatic heterocycles. The van der Waals surface area contributed by atoms with Crippen molar-refractivity contribution in [2.75, 3.05) is 19.6 Å². The summed E-state index contributed by atoms with van der Waals surface area (Å²) in [5.74, 6) is 2.24. The van der Waals surface area contributed by atoms with Crippen molar-refractivity contribution < 1.29 is 13.9 Å². The molecule has 2 aromatic rings. The lowest BCUT2D eigenvalue weighted by Gasteiger charge is -2.14. The van der Waals surface area contributed by atoms with Gasteiger partial charge in [0.15, 0.2) is 5.76 Å². The Hall–Kier alpha value is -2.27. The summed E-state index contributed by atoms with van der Waals surface area (Å²) in [5.41, 5.74) is 6.58. The minimum atomic E-state index is -0.0602. The quantitative estimate of drug-likeness (QED) is 0.921. The average molecular weight is 314 g/mol. The Morgan fingerprint density at radius 3 is 2.87 bits per heavy atom. The highest BCUT2D eigenvalue weighted by molar-refractivity contribution is 5.92. The van der Waals surface area contributed by atoms with E-state index in [0.29, 0.717) is 31.4 Å². The minimum absolute atomic E-state index is 0.0602. The standard InChI is InChI=1S/C18H22N2O3/c1-13-15(12-22-16-5-3-2-4-6-16)9-17(23-13)18(21)20-8-7-14(10-19)11-20/h2-6,9,14H,7-8,10-12,19H2,1H3/t14-/m1/s1. The maximum Gasteiger partial charge on any atom is 0.289 e. The Bertz CT molecular complexity index is 666. The van der Waals surface area contributed by atoms with E-state index in [1.165, 1.54) is 0 Å². The number of benzene rings is 1. The molecule has 2 heterocycles. The molecule has 0 bridgehead atoms. The second-order valence-electron chi connectivity index (χ2n) is 5.94. The number of ether oxygens (including phenoxy) is 1. The summed E-state index contributed by atoms with van der Waals surface area (Å²) in [7, 11) is 0. The topological polar surface area (TPSA) is 68.7 Å². The van der Waals surface area contributed by atoms with Gasteiger partial charge in [0.2, 0.25) is 0 Å². The molecule has 1 aromatic carbocycles. The number of hydrogen-bond donors (Lipinski definition) is 1. The lowest BCUT2D eigenvalue weighted by atomic mass is 10.1. The van der Waals surface area contributed by atoms with Crippen molar-refractivity contribution in [3.05, 3.63) is 53.5 Å². The first-order valence-electron chi connectivity index (χ1n) is 7.94. The third kappa shape index (κ3) is 3.56. The summed E-state index contributed by atoms with van der Waals surface area (Å²) >= 11 is 0. The summed E-state index contributed by atoms with van der Waals surface area (Å²) in [6.07, 6.45) is 0.964. The van der Waals surface area contributed by atoms with Crippen molar-refractivity contribution >= 4 is 5.91 Å². The van der Waals surface area contributed by atoms with Crippen molar-refractivity contribution in [1.29, 1.82) is 0 Å². The molecule has 1 amide bonds. The monoisotopic (exact) mass is 314 g/mol. The number of nitrogens with two attached hydrogens (primary N) is 1. The number of nitrogens with zero attached hydrogens (tertiary/aromatic N) is 1. The molecule has 122 valence electrons. The van der Waals surface area contributed by atoms with E-state index in [0.717, 1.165) is 30.0 Å². The number of aryl methyl sites for hydroxylation is 1. The third-order valence-corrected chi connectivity index (χ3v) is 4.28. The van der Waals surface area contributed by atoms with Crippen LogP contribution in [0.4, 0.5) is 0 Å². The Kier molecular flexibility index (Phi) is 4.67. The molecule has 1 atom stereocenters. The largest absolute Gasteiger partial charge is 0.489 e. The molecule has 0 unspecified atom stereocenters. The van der Waals surface area contributed by atoms with Gasteiger partial charge in [0, 0.05) is 18.7 Å². The molecule has 3 rings (SSSR count). The van der Waals surface area contributed by atoms with Gasteiger partial charge in [0.1, 0.15) is 18.1 Å². The maximum atomic E-state index is 12.5. The summed E-state index contributed by atoms with van der Waals surface area (Å²) in [6.45, 7) is 4.32. The molecule has 0 spiro atoms. The van der Waals surface area contributed by atoms with Gasteiger partial charge in [0.05, 0.1) is 0 Å². The van der Waals surface area contributed by atoms with Crippen molar-refractivity contribution in [2.45, 2.75) is 20.0 Å². The van der Waals surface area contributed by atoms with Crippen LogP contribution in [0.2, 0.25) is 0 Å². The van der Waals surface area contributed by atoms with Gasteiger partial charge in [0.25, 0.3) is 5.91 Å². The van der Waals surface area contributed by atoms with Gasteiger partial charge in [-0.2, -0.15) is 0 Å². The van der Waals surface area contributed by atoms with Gasteiger partial charge in [-0.05, 0) is 44.0 Å². The van der Waals surface area contributed by atoms with Crippen LogP contribution in [0.15, 0.2) is 40.8 Å². The Morgan fingerprint density at radius 2 is 2.17 bits per heavy atom. The molecule has 5 nitrogen and oxygen atoms in total. The fraction of sp³-hybridized carbons (Fsp3) is 0.389. The van der Waals surface area contributed by atoms with E-state index >= 15 is 0 Å². The van der Waals surface area contributed by atoms with E-state index in [-0.39, 0.29) is 5.91 Å². The zero-order valence-electron chi connectivity index (χ0n) is 13.3. The van der Waals surface area contributed by atoms with Crippen LogP contribution in [-0.4, -0.2) is 30.4 Å². The van der Waals surface area contributed by atoms with Crippen molar-refractivity contribution in [3.63, 3.8) is 0 Å². The van der Waals surface area contributed by atoms with Crippen LogP contribution in [0.3, 0.4) is 0 Å². The fourth-order valence-electron chi connectivity index (χ4n) is 2.81. The lowest BCUT2D eigenvalue weighted by molar-refractivity contribution is 0.0754. The fourth-order valence-corrected chi connectivity index (χ4v) is 2.81. The van der Waals surface area contributed by atoms with Crippen LogP contribution in [-0.2, 0) is 6.61 Å². The molecule has 23 heavy (non-hydrogen) atoms. The minimum Gasteiger partial charge on any atom is -0.489 e. The van der Waals surface area contributed by atoms with Gasteiger partial charge >= 0.3 is 0 Å². The number of carbonyl (C=O) groups is 1. The number of rotatable bonds is 5. The van der Waals surface area contributed by atoms with Gasteiger partial charge in [-0.1, -0.05) is 18.2 Å². The molecule has 5 heteroatoms. The predicted molar refractivity (Wildman–Crippen MR) is 87.3 cm³/mol. The molecule has 0 saturated carbocycles. The van der Waals surface area contributed by atoms with Crippen LogP contribution < -0.4 is 10.5 Å². The van der Waals surface area contributed by atoms with Gasteiger partial charge < -0.3 is 19.8 Å². The van der Waals surface area contributed by atoms with Crippen LogP contribution in [0.5, 0.6) is 5.75 Å². The summed E-state index contributed by atoms with van der Waals surface area (Å²) < 4.78 is 11.4. The zero-order valence-corrected chi connectivity index (χ0v) is 13.3. The number of hydrogen-bond acceptors (Lipinski definition) is 4. The highest BCUT2D eigenvalue weighted by Gasteiger charge is 2.28. The van der Waals surface area contributed by atoms with Crippen molar-refractivity contribution in [1.82, 2.24) is 4.90 Å². The molecule has 0 aliphatic carbocycles. The van der Waals surface area contributed by atoms with Crippen molar-refractivity contribution in [2.24, 2.45) is 11.7 Å². The first-order valence-corrected chi connectivity index (χ1v) is 7.94.